The van der Waals surface area contributed by atoms with Crippen molar-refractivity contribution in [2.24, 2.45) is 0 Å². The first kappa shape index (κ1) is 11.5. The van der Waals surface area contributed by atoms with Gasteiger partial charge in [0.2, 0.25) is 6.39 Å². The summed E-state index contributed by atoms with van der Waals surface area (Å²) < 4.78 is 4.56. The Morgan fingerprint density at radius 1 is 1.47 bits per heavy atom. The predicted octanol–water partition coefficient (Wildman–Crippen LogP) is 0.711. The first-order valence-electron chi connectivity index (χ1n) is 5.10. The van der Waals surface area contributed by atoms with Crippen LogP contribution in [0, 0.1) is 0 Å². The summed E-state index contributed by atoms with van der Waals surface area (Å²) in [6.45, 7) is 3.30. The molecule has 15 heavy (non-hydrogen) atoms. The summed E-state index contributed by atoms with van der Waals surface area (Å²) in [5, 5.41) is 9.09. The number of carbonyl (C=O) groups excluding carboxylic acids is 1. The normalized spacial score (nSPS) is 9.93. The molecular formula is C9H16N4O2. The lowest BCUT2D eigenvalue weighted by Gasteiger charge is -2.05. The molecule has 0 spiro atoms. The molecule has 0 atom stereocenters. The second-order valence-corrected chi connectivity index (χ2v) is 3.13. The fraction of sp³-hybridized carbons (Fsp3) is 0.667. The Balaban J connectivity index is 2.02. The summed E-state index contributed by atoms with van der Waals surface area (Å²) in [5.74, 6) is 0.601. The molecule has 0 aromatic carbocycles. The van der Waals surface area contributed by atoms with Gasteiger partial charge < -0.3 is 15.2 Å². The molecule has 0 radical (unpaired) electrons. The van der Waals surface area contributed by atoms with Gasteiger partial charge in [0.05, 0.1) is 0 Å². The van der Waals surface area contributed by atoms with E-state index in [2.05, 4.69) is 32.2 Å². The average molecular weight is 212 g/mol. The number of aromatic nitrogens is 2. The molecule has 1 aromatic heterocycles. The van der Waals surface area contributed by atoms with Crippen molar-refractivity contribution in [1.82, 2.24) is 20.8 Å². The van der Waals surface area contributed by atoms with Crippen molar-refractivity contribution in [3.05, 3.63) is 12.2 Å². The zero-order valence-electron chi connectivity index (χ0n) is 8.82. The number of amides is 2. The van der Waals surface area contributed by atoms with Crippen molar-refractivity contribution in [2.45, 2.75) is 26.2 Å². The fourth-order valence-electron chi connectivity index (χ4n) is 1.03. The molecule has 1 aromatic rings. The van der Waals surface area contributed by atoms with E-state index in [0.29, 0.717) is 25.3 Å². The Hall–Kier alpha value is -1.59. The van der Waals surface area contributed by atoms with Crippen LogP contribution in [0.4, 0.5) is 4.79 Å². The van der Waals surface area contributed by atoms with E-state index in [-0.39, 0.29) is 6.03 Å². The van der Waals surface area contributed by atoms with Gasteiger partial charge in [-0.15, -0.1) is 0 Å². The number of nitrogens with one attached hydrogen (secondary N) is 2. The Bertz CT molecular complexity index is 274. The minimum Gasteiger partial charge on any atom is -0.343 e. The number of hydrogen-bond acceptors (Lipinski definition) is 4. The molecule has 6 heteroatoms. The Kier molecular flexibility index (Phi) is 5.21. The van der Waals surface area contributed by atoms with Crippen molar-refractivity contribution < 1.29 is 9.32 Å². The van der Waals surface area contributed by atoms with Crippen molar-refractivity contribution in [3.8, 4) is 0 Å². The number of unbranched alkanes of at least 4 members (excludes halogenated alkanes) is 1. The smallest absolute Gasteiger partial charge is 0.314 e. The molecule has 0 aliphatic rings. The maximum atomic E-state index is 11.2. The van der Waals surface area contributed by atoms with E-state index < -0.39 is 0 Å². The molecule has 0 aliphatic carbocycles. The molecule has 2 amide bonds. The van der Waals surface area contributed by atoms with Crippen LogP contribution in [0.2, 0.25) is 0 Å². The lowest BCUT2D eigenvalue weighted by Crippen LogP contribution is -2.37. The van der Waals surface area contributed by atoms with Crippen LogP contribution in [-0.4, -0.2) is 29.3 Å². The van der Waals surface area contributed by atoms with Crippen LogP contribution in [0.25, 0.3) is 0 Å². The second kappa shape index (κ2) is 6.80. The van der Waals surface area contributed by atoms with E-state index in [1.54, 1.807) is 0 Å². The van der Waals surface area contributed by atoms with Crippen LogP contribution in [0.1, 0.15) is 25.6 Å². The molecule has 0 unspecified atom stereocenters. The minimum atomic E-state index is -0.146. The fourth-order valence-corrected chi connectivity index (χ4v) is 1.03. The first-order valence-corrected chi connectivity index (χ1v) is 5.10. The highest BCUT2D eigenvalue weighted by Crippen LogP contribution is 1.88. The summed E-state index contributed by atoms with van der Waals surface area (Å²) >= 11 is 0. The third kappa shape index (κ3) is 4.99. The highest BCUT2D eigenvalue weighted by Gasteiger charge is 2.00. The zero-order valence-corrected chi connectivity index (χ0v) is 8.82. The van der Waals surface area contributed by atoms with E-state index in [1.807, 2.05) is 0 Å². The summed E-state index contributed by atoms with van der Waals surface area (Å²) in [4.78, 5) is 15.0. The van der Waals surface area contributed by atoms with Gasteiger partial charge in [0.15, 0.2) is 5.82 Å². The van der Waals surface area contributed by atoms with E-state index >= 15 is 0 Å². The first-order chi connectivity index (χ1) is 7.33. The van der Waals surface area contributed by atoms with Crippen molar-refractivity contribution in [3.63, 3.8) is 0 Å². The SMILES string of the molecule is CCCCNC(=O)NCCc1ncon1. The van der Waals surface area contributed by atoms with Crippen LogP contribution >= 0.6 is 0 Å². The van der Waals surface area contributed by atoms with Gasteiger partial charge in [-0.2, -0.15) is 4.98 Å². The monoisotopic (exact) mass is 212 g/mol. The van der Waals surface area contributed by atoms with Crippen molar-refractivity contribution in [2.75, 3.05) is 13.1 Å². The lowest BCUT2D eigenvalue weighted by molar-refractivity contribution is 0.241. The van der Waals surface area contributed by atoms with Gasteiger partial charge in [0.25, 0.3) is 0 Å². The van der Waals surface area contributed by atoms with Gasteiger partial charge in [-0.3, -0.25) is 0 Å². The summed E-state index contributed by atoms with van der Waals surface area (Å²) in [6.07, 6.45) is 3.93. The number of carbonyl (C=O) groups is 1. The number of hydrogen-bond donors (Lipinski definition) is 2. The molecule has 6 nitrogen and oxygen atoms in total. The summed E-state index contributed by atoms with van der Waals surface area (Å²) in [5.41, 5.74) is 0. The Morgan fingerprint density at radius 2 is 2.27 bits per heavy atom. The largest absolute Gasteiger partial charge is 0.343 e. The summed E-state index contributed by atoms with van der Waals surface area (Å²) in [6, 6.07) is -0.146. The zero-order chi connectivity index (χ0) is 10.9. The van der Waals surface area contributed by atoms with Crippen molar-refractivity contribution >= 4 is 6.03 Å². The maximum absolute atomic E-state index is 11.2. The lowest BCUT2D eigenvalue weighted by atomic mass is 10.3. The summed E-state index contributed by atoms with van der Waals surface area (Å²) in [7, 11) is 0. The third-order valence-electron chi connectivity index (χ3n) is 1.86. The molecular weight excluding hydrogens is 196 g/mol. The molecule has 0 bridgehead atoms. The van der Waals surface area contributed by atoms with Gasteiger partial charge in [-0.05, 0) is 6.42 Å². The quantitative estimate of drug-likeness (QED) is 0.680. The van der Waals surface area contributed by atoms with Gasteiger partial charge in [0.1, 0.15) is 0 Å². The predicted molar refractivity (Wildman–Crippen MR) is 54.3 cm³/mol. The van der Waals surface area contributed by atoms with Crippen LogP contribution in [0.5, 0.6) is 0 Å². The minimum absolute atomic E-state index is 0.146. The highest BCUT2D eigenvalue weighted by molar-refractivity contribution is 5.73. The van der Waals surface area contributed by atoms with Gasteiger partial charge >= 0.3 is 6.03 Å². The standard InChI is InChI=1S/C9H16N4O2/c1-2-3-5-10-9(14)11-6-4-8-12-7-15-13-8/h7H,2-6H2,1H3,(H2,10,11,14). The average Bonchev–Trinajstić information content (AvgIpc) is 2.71. The molecule has 84 valence electrons. The van der Waals surface area contributed by atoms with Crippen LogP contribution in [0.3, 0.4) is 0 Å². The van der Waals surface area contributed by atoms with Crippen LogP contribution < -0.4 is 10.6 Å². The third-order valence-corrected chi connectivity index (χ3v) is 1.86. The molecule has 0 fully saturated rings. The molecule has 0 saturated heterocycles. The number of urea groups is 1. The molecule has 0 saturated carbocycles. The van der Waals surface area contributed by atoms with E-state index in [4.69, 9.17) is 0 Å². The molecule has 0 aliphatic heterocycles. The number of nitrogens with zero attached hydrogens (tertiary/aromatic N) is 2. The molecule has 1 heterocycles. The number of rotatable bonds is 6. The highest BCUT2D eigenvalue weighted by atomic mass is 16.5. The Labute approximate surface area is 88.4 Å². The van der Waals surface area contributed by atoms with Crippen LogP contribution in [0.15, 0.2) is 10.9 Å². The molecule has 2 N–H and O–H groups in total. The maximum Gasteiger partial charge on any atom is 0.314 e. The van der Waals surface area contributed by atoms with Gasteiger partial charge in [0, 0.05) is 19.5 Å². The van der Waals surface area contributed by atoms with Crippen LogP contribution in [-0.2, 0) is 6.42 Å². The molecule has 1 rings (SSSR count). The topological polar surface area (TPSA) is 80.0 Å². The van der Waals surface area contributed by atoms with Gasteiger partial charge in [-0.1, -0.05) is 18.5 Å². The Morgan fingerprint density at radius 3 is 2.93 bits per heavy atom. The van der Waals surface area contributed by atoms with Crippen molar-refractivity contribution in [1.29, 1.82) is 0 Å². The van der Waals surface area contributed by atoms with E-state index in [1.165, 1.54) is 6.39 Å². The van der Waals surface area contributed by atoms with E-state index in [0.717, 1.165) is 12.8 Å². The second-order valence-electron chi connectivity index (χ2n) is 3.13. The van der Waals surface area contributed by atoms with Gasteiger partial charge in [-0.25, -0.2) is 4.79 Å². The van der Waals surface area contributed by atoms with E-state index in [9.17, 15) is 4.79 Å².